The zero-order valence-electron chi connectivity index (χ0n) is 17.4. The van der Waals surface area contributed by atoms with Crippen molar-refractivity contribution >= 4 is 69.1 Å². The van der Waals surface area contributed by atoms with E-state index < -0.39 is 69.4 Å². The van der Waals surface area contributed by atoms with Gasteiger partial charge >= 0.3 is 11.9 Å². The highest BCUT2D eigenvalue weighted by Gasteiger charge is 2.31. The van der Waals surface area contributed by atoms with Gasteiger partial charge in [0.1, 0.15) is 17.8 Å². The average Bonchev–Trinajstić information content (AvgIpc) is 2.71. The molecule has 0 saturated heterocycles. The molecule has 34 heavy (non-hydrogen) atoms. The maximum atomic E-state index is 12.8. The van der Waals surface area contributed by atoms with Crippen LogP contribution in [0.4, 0.5) is 0 Å². The van der Waals surface area contributed by atoms with Gasteiger partial charge in [0, 0.05) is 12.5 Å². The number of carboxylic acid groups (broad SMARTS) is 2. The van der Waals surface area contributed by atoms with E-state index in [1.807, 2.05) is 22.6 Å². The van der Waals surface area contributed by atoms with Gasteiger partial charge in [-0.05, 0) is 46.7 Å². The Morgan fingerprint density at radius 3 is 2.18 bits per heavy atom. The molecule has 16 heteroatoms. The molecule has 1 rings (SSSR count). The van der Waals surface area contributed by atoms with Crippen LogP contribution in [0.3, 0.4) is 0 Å². The summed E-state index contributed by atoms with van der Waals surface area (Å²) >= 11 is 5.88. The number of benzene rings is 1. The second kappa shape index (κ2) is 13.1. The monoisotopic (exact) mass is 633 g/mol. The van der Waals surface area contributed by atoms with Crippen LogP contribution >= 0.6 is 35.2 Å². The van der Waals surface area contributed by atoms with E-state index in [1.165, 1.54) is 18.2 Å². The first-order valence-corrected chi connectivity index (χ1v) is 12.7. The third-order valence-corrected chi connectivity index (χ3v) is 6.69. The Morgan fingerprint density at radius 2 is 1.68 bits per heavy atom. The molecule has 0 heterocycles. The minimum atomic E-state index is -4.33. The van der Waals surface area contributed by atoms with Gasteiger partial charge in [-0.25, -0.2) is 4.79 Å². The number of thiol groups is 1. The van der Waals surface area contributed by atoms with Crippen LogP contribution in [0, 0.1) is 3.57 Å². The normalized spacial score (nSPS) is 14.9. The highest BCUT2D eigenvalue weighted by Crippen LogP contribution is 2.21. The zero-order valence-corrected chi connectivity index (χ0v) is 21.3. The average molecular weight is 633 g/mol. The molecule has 0 aliphatic rings. The number of rotatable bonds is 13. The Balaban J connectivity index is 3.08. The Kier molecular flexibility index (Phi) is 11.5. The van der Waals surface area contributed by atoms with Gasteiger partial charge < -0.3 is 31.7 Å². The first-order valence-electron chi connectivity index (χ1n) is 9.52. The SMILES string of the molecule is N[C@H](CCS(=O)(=O)O)[C@H](S)C(=O)N[C@@H](Cc1ccc(O)c(I)c1)C(=O)N[C@@H](CC(=O)O)C(=O)O. The fraction of sp³-hybridized carbons (Fsp3) is 0.444. The first kappa shape index (κ1) is 29.9. The predicted octanol–water partition coefficient (Wildman–Crippen LogP) is -1.03. The molecule has 1 aromatic carbocycles. The molecule has 13 nitrogen and oxygen atoms in total. The van der Waals surface area contributed by atoms with E-state index in [2.05, 4.69) is 23.3 Å². The zero-order chi connectivity index (χ0) is 26.2. The minimum Gasteiger partial charge on any atom is -0.507 e. The van der Waals surface area contributed by atoms with Crippen molar-refractivity contribution in [1.29, 1.82) is 0 Å². The molecule has 8 N–H and O–H groups in total. The quantitative estimate of drug-likeness (QED) is 0.0743. The van der Waals surface area contributed by atoms with Crippen LogP contribution in [0.5, 0.6) is 5.75 Å². The van der Waals surface area contributed by atoms with Gasteiger partial charge in [0.25, 0.3) is 10.1 Å². The number of halogens is 1. The molecular weight excluding hydrogens is 609 g/mol. The third kappa shape index (κ3) is 10.4. The number of amides is 2. The van der Waals surface area contributed by atoms with Gasteiger partial charge in [0.2, 0.25) is 11.8 Å². The number of aromatic hydroxyl groups is 1. The van der Waals surface area contributed by atoms with Crippen LogP contribution in [0.2, 0.25) is 0 Å². The summed E-state index contributed by atoms with van der Waals surface area (Å²) in [5.41, 5.74) is 6.23. The van der Waals surface area contributed by atoms with Gasteiger partial charge in [0.05, 0.1) is 21.0 Å². The van der Waals surface area contributed by atoms with Crippen LogP contribution in [0.1, 0.15) is 18.4 Å². The molecule has 0 aromatic heterocycles. The highest BCUT2D eigenvalue weighted by molar-refractivity contribution is 14.1. The number of carbonyl (C=O) groups is 4. The summed E-state index contributed by atoms with van der Waals surface area (Å²) in [7, 11) is -4.33. The number of aliphatic carboxylic acids is 2. The molecule has 0 bridgehead atoms. The van der Waals surface area contributed by atoms with Crippen LogP contribution in [0.15, 0.2) is 18.2 Å². The van der Waals surface area contributed by atoms with Crippen LogP contribution in [-0.2, 0) is 35.7 Å². The lowest BCUT2D eigenvalue weighted by Gasteiger charge is -2.24. The molecule has 0 spiro atoms. The lowest BCUT2D eigenvalue weighted by Crippen LogP contribution is -2.55. The largest absolute Gasteiger partial charge is 0.507 e. The van der Waals surface area contributed by atoms with Gasteiger partial charge in [-0.1, -0.05) is 6.07 Å². The fourth-order valence-corrected chi connectivity index (χ4v) is 4.04. The van der Waals surface area contributed by atoms with Crippen molar-refractivity contribution in [2.24, 2.45) is 5.73 Å². The summed E-state index contributed by atoms with van der Waals surface area (Å²) in [5.74, 6) is -5.70. The van der Waals surface area contributed by atoms with Crippen LogP contribution in [0.25, 0.3) is 0 Å². The number of carboxylic acids is 2. The van der Waals surface area contributed by atoms with E-state index in [0.717, 1.165) is 0 Å². The van der Waals surface area contributed by atoms with Crippen molar-refractivity contribution in [2.75, 3.05) is 5.75 Å². The summed E-state index contributed by atoms with van der Waals surface area (Å²) in [4.78, 5) is 47.6. The van der Waals surface area contributed by atoms with Crippen molar-refractivity contribution < 1.29 is 47.5 Å². The summed E-state index contributed by atoms with van der Waals surface area (Å²) < 4.78 is 31.1. The molecule has 190 valence electrons. The number of hydrogen-bond acceptors (Lipinski definition) is 9. The highest BCUT2D eigenvalue weighted by atomic mass is 127. The van der Waals surface area contributed by atoms with Crippen molar-refractivity contribution in [3.05, 3.63) is 27.3 Å². The maximum Gasteiger partial charge on any atom is 0.326 e. The number of nitrogens with two attached hydrogens (primary N) is 1. The Bertz CT molecular complexity index is 1040. The second-order valence-electron chi connectivity index (χ2n) is 7.23. The lowest BCUT2D eigenvalue weighted by molar-refractivity contribution is -0.147. The summed E-state index contributed by atoms with van der Waals surface area (Å²) in [6.45, 7) is 0. The molecule has 4 atom stereocenters. The molecule has 0 saturated carbocycles. The molecular formula is C18H24IN3O10S2. The predicted molar refractivity (Wildman–Crippen MR) is 130 cm³/mol. The van der Waals surface area contributed by atoms with Crippen molar-refractivity contribution in [2.45, 2.75) is 42.6 Å². The first-order chi connectivity index (χ1) is 15.6. The van der Waals surface area contributed by atoms with Crippen molar-refractivity contribution in [3.63, 3.8) is 0 Å². The van der Waals surface area contributed by atoms with E-state index in [-0.39, 0.29) is 18.6 Å². The maximum absolute atomic E-state index is 12.8. The van der Waals surface area contributed by atoms with Crippen molar-refractivity contribution in [1.82, 2.24) is 10.6 Å². The van der Waals surface area contributed by atoms with E-state index in [0.29, 0.717) is 9.13 Å². The Hall–Kier alpha value is -2.15. The second-order valence-corrected chi connectivity index (χ2v) is 10.5. The summed E-state index contributed by atoms with van der Waals surface area (Å²) in [6.07, 6.45) is -1.39. The lowest BCUT2D eigenvalue weighted by atomic mass is 10.0. The van der Waals surface area contributed by atoms with Gasteiger partial charge in [-0.3, -0.25) is 18.9 Å². The minimum absolute atomic E-state index is 0.0259. The molecule has 2 amide bonds. The Labute approximate surface area is 213 Å². The van der Waals surface area contributed by atoms with E-state index in [9.17, 15) is 37.8 Å². The molecule has 0 unspecified atom stereocenters. The summed E-state index contributed by atoms with van der Waals surface area (Å²) in [6, 6.07) is 0.0451. The van der Waals surface area contributed by atoms with E-state index in [1.54, 1.807) is 0 Å². The topological polar surface area (TPSA) is 233 Å². The number of hydrogen-bond donors (Lipinski definition) is 8. The van der Waals surface area contributed by atoms with Gasteiger partial charge in [-0.15, -0.1) is 0 Å². The van der Waals surface area contributed by atoms with E-state index >= 15 is 0 Å². The standard InChI is InChI=1S/C18H24IN3O10S2/c19-9-5-8(1-2-13(9)23)6-11(16(26)22-12(18(28)29)7-14(24)25)21-17(27)15(33)10(20)3-4-34(30,31)32/h1-2,5,10-12,15,23,33H,3-4,6-7,20H2,(H,21,27)(H,22,26)(H,24,25)(H,28,29)(H,30,31,32)/t10-,11+,12+,15+/m1/s1. The molecule has 0 fully saturated rings. The molecule has 1 aromatic rings. The number of carbonyl (C=O) groups excluding carboxylic acids is 2. The van der Waals surface area contributed by atoms with Gasteiger partial charge in [-0.2, -0.15) is 21.0 Å². The fourth-order valence-electron chi connectivity index (χ4n) is 2.66. The third-order valence-electron chi connectivity index (χ3n) is 4.46. The van der Waals surface area contributed by atoms with Crippen LogP contribution in [-0.4, -0.2) is 81.2 Å². The number of nitrogens with one attached hydrogen (secondary N) is 2. The molecule has 0 aliphatic carbocycles. The van der Waals surface area contributed by atoms with Crippen LogP contribution < -0.4 is 16.4 Å². The molecule has 0 radical (unpaired) electrons. The molecule has 0 aliphatic heterocycles. The Morgan fingerprint density at radius 1 is 1.09 bits per heavy atom. The summed E-state index contributed by atoms with van der Waals surface area (Å²) in [5, 5.41) is 30.8. The van der Waals surface area contributed by atoms with E-state index in [4.69, 9.17) is 15.4 Å². The number of phenols is 1. The van der Waals surface area contributed by atoms with Crippen molar-refractivity contribution in [3.8, 4) is 5.75 Å². The smallest absolute Gasteiger partial charge is 0.326 e. The van der Waals surface area contributed by atoms with Gasteiger partial charge in [0.15, 0.2) is 0 Å². The number of phenolic OH excluding ortho intramolecular Hbond substituents is 1.